The molecule has 0 fully saturated rings. The van der Waals surface area contributed by atoms with E-state index in [0.717, 1.165) is 16.8 Å². The summed E-state index contributed by atoms with van der Waals surface area (Å²) in [6, 6.07) is 7.38. The van der Waals surface area contributed by atoms with E-state index in [1.807, 2.05) is 18.2 Å². The van der Waals surface area contributed by atoms with E-state index in [1.165, 1.54) is 0 Å². The zero-order valence-corrected chi connectivity index (χ0v) is 13.1. The number of aromatic nitrogens is 2. The molecule has 0 bridgehead atoms. The van der Waals surface area contributed by atoms with Gasteiger partial charge in [-0.2, -0.15) is 4.98 Å². The Morgan fingerprint density at radius 3 is 2.68 bits per heavy atom. The smallest absolute Gasteiger partial charge is 0.222 e. The average molecular weight is 323 g/mol. The summed E-state index contributed by atoms with van der Waals surface area (Å²) < 4.78 is 10.4. The molecule has 0 atom stereocenters. The van der Waals surface area contributed by atoms with Crippen molar-refractivity contribution in [1.29, 1.82) is 0 Å². The molecule has 4 N–H and O–H groups in total. The first-order chi connectivity index (χ1) is 10.6. The maximum absolute atomic E-state index is 6.05. The number of hydrogen-bond donors (Lipinski definition) is 2. The van der Waals surface area contributed by atoms with E-state index in [2.05, 4.69) is 9.97 Å². The van der Waals surface area contributed by atoms with Crippen molar-refractivity contribution in [3.8, 4) is 11.1 Å². The Kier molecular flexibility index (Phi) is 5.94. The minimum atomic E-state index is 0.148. The lowest BCUT2D eigenvalue weighted by Gasteiger charge is -2.12. The van der Waals surface area contributed by atoms with Crippen LogP contribution in [0.3, 0.4) is 0 Å². The number of nitrogens with zero attached hydrogens (tertiary/aromatic N) is 2. The van der Waals surface area contributed by atoms with Crippen molar-refractivity contribution in [2.24, 2.45) is 0 Å². The first-order valence-corrected chi connectivity index (χ1v) is 7.24. The Bertz CT molecular complexity index is 637. The van der Waals surface area contributed by atoms with Crippen LogP contribution in [0.25, 0.3) is 11.1 Å². The molecule has 0 aliphatic heterocycles. The van der Waals surface area contributed by atoms with Gasteiger partial charge in [0.2, 0.25) is 5.95 Å². The molecule has 0 unspecified atom stereocenters. The number of anilines is 2. The van der Waals surface area contributed by atoms with Gasteiger partial charge in [0.1, 0.15) is 5.82 Å². The molecule has 0 aliphatic carbocycles. The number of hydrogen-bond acceptors (Lipinski definition) is 6. The van der Waals surface area contributed by atoms with Gasteiger partial charge in [0, 0.05) is 24.1 Å². The van der Waals surface area contributed by atoms with E-state index < -0.39 is 0 Å². The lowest BCUT2D eigenvalue weighted by atomic mass is 10.0. The van der Waals surface area contributed by atoms with Crippen LogP contribution in [0.5, 0.6) is 0 Å². The summed E-state index contributed by atoms with van der Waals surface area (Å²) in [7, 11) is 1.63. The fraction of sp³-hybridized carbons (Fsp3) is 0.333. The molecular formula is C15H19ClN4O2. The number of methoxy groups -OCH3 is 1. The predicted molar refractivity (Wildman–Crippen MR) is 87.7 cm³/mol. The van der Waals surface area contributed by atoms with Gasteiger partial charge >= 0.3 is 0 Å². The third-order valence-corrected chi connectivity index (χ3v) is 3.29. The highest BCUT2D eigenvalue weighted by atomic mass is 35.5. The van der Waals surface area contributed by atoms with Gasteiger partial charge in [0.25, 0.3) is 0 Å². The molecule has 6 nitrogen and oxygen atoms in total. The molecule has 1 aromatic heterocycles. The number of nitrogen functional groups attached to an aromatic ring is 2. The monoisotopic (exact) mass is 322 g/mol. The van der Waals surface area contributed by atoms with E-state index in [4.69, 9.17) is 32.5 Å². The van der Waals surface area contributed by atoms with Gasteiger partial charge in [-0.1, -0.05) is 23.7 Å². The Morgan fingerprint density at radius 1 is 1.14 bits per heavy atom. The van der Waals surface area contributed by atoms with Crippen molar-refractivity contribution >= 4 is 23.4 Å². The van der Waals surface area contributed by atoms with Gasteiger partial charge in [0.05, 0.1) is 25.5 Å². The molecule has 118 valence electrons. The summed E-state index contributed by atoms with van der Waals surface area (Å²) in [5, 5.41) is 0.621. The van der Waals surface area contributed by atoms with Crippen molar-refractivity contribution in [3.63, 3.8) is 0 Å². The Labute approximate surface area is 134 Å². The van der Waals surface area contributed by atoms with Crippen LogP contribution in [0.1, 0.15) is 5.69 Å². The Hall–Kier alpha value is -1.89. The summed E-state index contributed by atoms with van der Waals surface area (Å²) in [5.41, 5.74) is 14.1. The van der Waals surface area contributed by atoms with Crippen LogP contribution in [0, 0.1) is 0 Å². The van der Waals surface area contributed by atoms with Gasteiger partial charge in [-0.15, -0.1) is 0 Å². The van der Waals surface area contributed by atoms with Crippen molar-refractivity contribution in [3.05, 3.63) is 35.0 Å². The second-order valence-electron chi connectivity index (χ2n) is 4.65. The van der Waals surface area contributed by atoms with Crippen LogP contribution >= 0.6 is 11.6 Å². The molecule has 1 heterocycles. The molecule has 2 rings (SSSR count). The minimum absolute atomic E-state index is 0.148. The maximum atomic E-state index is 6.05. The second kappa shape index (κ2) is 7.93. The average Bonchev–Trinajstić information content (AvgIpc) is 2.46. The number of nitrogens with two attached hydrogens (primary N) is 2. The quantitative estimate of drug-likeness (QED) is 0.758. The van der Waals surface area contributed by atoms with E-state index in [9.17, 15) is 0 Å². The highest BCUT2D eigenvalue weighted by Crippen LogP contribution is 2.30. The largest absolute Gasteiger partial charge is 0.383 e. The number of benzene rings is 1. The van der Waals surface area contributed by atoms with Gasteiger partial charge < -0.3 is 20.9 Å². The van der Waals surface area contributed by atoms with Crippen LogP contribution in [0.4, 0.5) is 11.8 Å². The maximum Gasteiger partial charge on any atom is 0.222 e. The van der Waals surface area contributed by atoms with Crippen molar-refractivity contribution in [2.45, 2.75) is 6.42 Å². The molecule has 0 radical (unpaired) electrons. The number of halogens is 1. The molecule has 1 aromatic carbocycles. The van der Waals surface area contributed by atoms with E-state index in [-0.39, 0.29) is 5.95 Å². The number of ether oxygens (including phenoxy) is 2. The first-order valence-electron chi connectivity index (χ1n) is 6.86. The highest BCUT2D eigenvalue weighted by molar-refractivity contribution is 6.30. The summed E-state index contributed by atoms with van der Waals surface area (Å²) in [6.07, 6.45) is 0.572. The molecule has 0 spiro atoms. The van der Waals surface area contributed by atoms with E-state index >= 15 is 0 Å². The molecule has 2 aromatic rings. The SMILES string of the molecule is COCCOCCc1nc(N)nc(N)c1-c1cccc(Cl)c1. The minimum Gasteiger partial charge on any atom is -0.383 e. The Balaban J connectivity index is 2.24. The highest BCUT2D eigenvalue weighted by Gasteiger charge is 2.14. The number of rotatable bonds is 7. The molecule has 22 heavy (non-hydrogen) atoms. The zero-order valence-electron chi connectivity index (χ0n) is 12.4. The summed E-state index contributed by atoms with van der Waals surface area (Å²) in [6.45, 7) is 1.57. The van der Waals surface area contributed by atoms with Crippen molar-refractivity contribution in [1.82, 2.24) is 9.97 Å². The van der Waals surface area contributed by atoms with Crippen LogP contribution in [0.15, 0.2) is 24.3 Å². The lowest BCUT2D eigenvalue weighted by molar-refractivity contribution is 0.0720. The molecular weight excluding hydrogens is 304 g/mol. The van der Waals surface area contributed by atoms with Crippen molar-refractivity contribution < 1.29 is 9.47 Å². The summed E-state index contributed by atoms with van der Waals surface area (Å²) in [5.74, 6) is 0.483. The molecule has 0 amide bonds. The first kappa shape index (κ1) is 16.5. The molecule has 0 saturated heterocycles. The third kappa shape index (κ3) is 4.30. The summed E-state index contributed by atoms with van der Waals surface area (Å²) in [4.78, 5) is 8.33. The van der Waals surface area contributed by atoms with Gasteiger partial charge in [-0.05, 0) is 17.7 Å². The topological polar surface area (TPSA) is 96.3 Å². The summed E-state index contributed by atoms with van der Waals surface area (Å²) >= 11 is 6.05. The lowest BCUT2D eigenvalue weighted by Crippen LogP contribution is -2.10. The van der Waals surface area contributed by atoms with Gasteiger partial charge in [-0.25, -0.2) is 4.98 Å². The zero-order chi connectivity index (χ0) is 15.9. The normalized spacial score (nSPS) is 10.8. The predicted octanol–water partition coefficient (Wildman–Crippen LogP) is 2.17. The van der Waals surface area contributed by atoms with Crippen LogP contribution < -0.4 is 11.5 Å². The molecule has 0 aliphatic rings. The molecule has 0 saturated carbocycles. The fourth-order valence-corrected chi connectivity index (χ4v) is 2.29. The van der Waals surface area contributed by atoms with Gasteiger partial charge in [0.15, 0.2) is 0 Å². The van der Waals surface area contributed by atoms with E-state index in [0.29, 0.717) is 37.1 Å². The van der Waals surface area contributed by atoms with Crippen LogP contribution in [-0.2, 0) is 15.9 Å². The van der Waals surface area contributed by atoms with Crippen LogP contribution in [0.2, 0.25) is 5.02 Å². The van der Waals surface area contributed by atoms with Crippen LogP contribution in [-0.4, -0.2) is 36.9 Å². The van der Waals surface area contributed by atoms with Crippen molar-refractivity contribution in [2.75, 3.05) is 38.4 Å². The van der Waals surface area contributed by atoms with Gasteiger partial charge in [-0.3, -0.25) is 0 Å². The Morgan fingerprint density at radius 2 is 1.95 bits per heavy atom. The fourth-order valence-electron chi connectivity index (χ4n) is 2.10. The molecule has 7 heteroatoms. The standard InChI is InChI=1S/C15H19ClN4O2/c1-21-7-8-22-6-5-12-13(14(17)20-15(18)19-12)10-3-2-4-11(16)9-10/h2-4,9H,5-8H2,1H3,(H4,17,18,19,20). The second-order valence-corrected chi connectivity index (χ2v) is 5.09. The third-order valence-electron chi connectivity index (χ3n) is 3.06. The van der Waals surface area contributed by atoms with E-state index in [1.54, 1.807) is 13.2 Å².